The second kappa shape index (κ2) is 6.40. The van der Waals surface area contributed by atoms with Crippen molar-refractivity contribution in [3.05, 3.63) is 47.9 Å². The fourth-order valence-electron chi connectivity index (χ4n) is 1.64. The second-order valence-electron chi connectivity index (χ2n) is 3.96. The van der Waals surface area contributed by atoms with E-state index < -0.39 is 0 Å². The van der Waals surface area contributed by atoms with Gasteiger partial charge in [-0.05, 0) is 12.0 Å². The molecule has 0 N–H and O–H groups in total. The minimum atomic E-state index is 0.0984. The van der Waals surface area contributed by atoms with Crippen molar-refractivity contribution >= 4 is 17.5 Å². The summed E-state index contributed by atoms with van der Waals surface area (Å²) in [6, 6.07) is 7.83. The number of carbonyl (C=O) groups is 1. The number of ketones is 1. The lowest BCUT2D eigenvalue weighted by Crippen LogP contribution is -2.02. The van der Waals surface area contributed by atoms with Crippen molar-refractivity contribution in [3.63, 3.8) is 0 Å². The third-order valence-corrected chi connectivity index (χ3v) is 3.41. The Morgan fingerprint density at radius 1 is 1.33 bits per heavy atom. The first-order valence-electron chi connectivity index (χ1n) is 5.94. The topological polar surface area (TPSA) is 43.1 Å². The van der Waals surface area contributed by atoms with Gasteiger partial charge in [-0.15, -0.1) is 0 Å². The van der Waals surface area contributed by atoms with Crippen LogP contribution in [0.2, 0.25) is 0 Å². The highest BCUT2D eigenvalue weighted by Gasteiger charge is 2.08. The van der Waals surface area contributed by atoms with E-state index >= 15 is 0 Å². The summed E-state index contributed by atoms with van der Waals surface area (Å²) in [5.74, 6) is 0.453. The molecule has 94 valence electrons. The van der Waals surface area contributed by atoms with Gasteiger partial charge in [0.25, 0.3) is 5.22 Å². The number of aryl methyl sites for hydroxylation is 1. The summed E-state index contributed by atoms with van der Waals surface area (Å²) in [4.78, 5) is 15.9. The number of aromatic nitrogens is 1. The van der Waals surface area contributed by atoms with Crippen molar-refractivity contribution in [2.75, 3.05) is 5.75 Å². The first-order chi connectivity index (χ1) is 8.79. The van der Waals surface area contributed by atoms with E-state index in [1.807, 2.05) is 24.3 Å². The highest BCUT2D eigenvalue weighted by Crippen LogP contribution is 2.17. The Kier molecular flexibility index (Phi) is 4.59. The van der Waals surface area contributed by atoms with Crippen molar-refractivity contribution < 1.29 is 9.21 Å². The third-order valence-electron chi connectivity index (χ3n) is 2.55. The fourth-order valence-corrected chi connectivity index (χ4v) is 2.32. The van der Waals surface area contributed by atoms with Crippen LogP contribution in [0.1, 0.15) is 29.3 Å². The summed E-state index contributed by atoms with van der Waals surface area (Å²) in [5, 5.41) is 0.533. The average molecular weight is 261 g/mol. The van der Waals surface area contributed by atoms with E-state index in [9.17, 15) is 4.79 Å². The highest BCUT2D eigenvalue weighted by atomic mass is 32.2. The summed E-state index contributed by atoms with van der Waals surface area (Å²) in [6.45, 7) is 2.14. The van der Waals surface area contributed by atoms with Gasteiger partial charge in [0.05, 0.1) is 11.9 Å². The zero-order valence-electron chi connectivity index (χ0n) is 10.3. The molecule has 1 heterocycles. The molecule has 0 unspecified atom stereocenters. The summed E-state index contributed by atoms with van der Waals surface area (Å²) in [5.41, 5.74) is 2.02. The molecule has 0 aliphatic heterocycles. The number of nitrogens with zero attached hydrogens (tertiary/aromatic N) is 1. The molecule has 4 heteroatoms. The van der Waals surface area contributed by atoms with Gasteiger partial charge in [-0.1, -0.05) is 49.4 Å². The Morgan fingerprint density at radius 2 is 2.11 bits per heavy atom. The van der Waals surface area contributed by atoms with Gasteiger partial charge in [-0.25, -0.2) is 4.98 Å². The predicted octanol–water partition coefficient (Wildman–Crippen LogP) is 3.60. The lowest BCUT2D eigenvalue weighted by atomic mass is 10.1. The average Bonchev–Trinajstić information content (AvgIpc) is 2.90. The molecule has 0 bridgehead atoms. The highest BCUT2D eigenvalue weighted by molar-refractivity contribution is 7.99. The summed E-state index contributed by atoms with van der Waals surface area (Å²) in [6.07, 6.45) is 5.26. The van der Waals surface area contributed by atoms with E-state index in [2.05, 4.69) is 11.9 Å². The molecule has 1 aromatic heterocycles. The molecule has 2 rings (SSSR count). The number of hydrogen-bond acceptors (Lipinski definition) is 4. The maximum Gasteiger partial charge on any atom is 0.255 e. The van der Waals surface area contributed by atoms with E-state index in [1.165, 1.54) is 23.6 Å². The first kappa shape index (κ1) is 12.9. The molecule has 18 heavy (non-hydrogen) atoms. The number of rotatable bonds is 6. The minimum absolute atomic E-state index is 0.0984. The van der Waals surface area contributed by atoms with Crippen molar-refractivity contribution in [1.82, 2.24) is 4.98 Å². The molecular weight excluding hydrogens is 246 g/mol. The molecule has 0 aliphatic rings. The first-order valence-corrected chi connectivity index (χ1v) is 6.92. The SMILES string of the molecule is CCCc1ccc(C(=O)CSc2ncco2)cc1. The van der Waals surface area contributed by atoms with E-state index in [-0.39, 0.29) is 5.78 Å². The van der Waals surface area contributed by atoms with Crippen molar-refractivity contribution in [2.45, 2.75) is 25.0 Å². The third kappa shape index (κ3) is 3.47. The number of benzene rings is 1. The largest absolute Gasteiger partial charge is 0.440 e. The molecule has 0 fully saturated rings. The van der Waals surface area contributed by atoms with Crippen molar-refractivity contribution in [2.24, 2.45) is 0 Å². The molecule has 0 amide bonds. The van der Waals surface area contributed by atoms with Crippen LogP contribution in [-0.2, 0) is 6.42 Å². The van der Waals surface area contributed by atoms with Crippen LogP contribution in [0.5, 0.6) is 0 Å². The molecule has 1 aromatic carbocycles. The van der Waals surface area contributed by atoms with Gasteiger partial charge in [-0.2, -0.15) is 0 Å². The standard InChI is InChI=1S/C14H15NO2S/c1-2-3-11-4-6-12(7-5-11)13(16)10-18-14-15-8-9-17-14/h4-9H,2-3,10H2,1H3. The number of oxazole rings is 1. The molecule has 0 atom stereocenters. The Morgan fingerprint density at radius 3 is 2.72 bits per heavy atom. The lowest BCUT2D eigenvalue weighted by molar-refractivity contribution is 0.102. The van der Waals surface area contributed by atoms with Crippen molar-refractivity contribution in [1.29, 1.82) is 0 Å². The van der Waals surface area contributed by atoms with Crippen LogP contribution < -0.4 is 0 Å². The predicted molar refractivity (Wildman–Crippen MR) is 72.0 cm³/mol. The molecule has 3 nitrogen and oxygen atoms in total. The van der Waals surface area contributed by atoms with Crippen LogP contribution in [0.3, 0.4) is 0 Å². The van der Waals surface area contributed by atoms with Crippen LogP contribution in [0.15, 0.2) is 46.4 Å². The van der Waals surface area contributed by atoms with E-state index in [0.717, 1.165) is 18.4 Å². The number of hydrogen-bond donors (Lipinski definition) is 0. The number of thioether (sulfide) groups is 1. The lowest BCUT2D eigenvalue weighted by Gasteiger charge is -2.02. The number of carbonyl (C=O) groups excluding carboxylic acids is 1. The van der Waals surface area contributed by atoms with Gasteiger partial charge >= 0.3 is 0 Å². The molecule has 0 radical (unpaired) electrons. The molecule has 0 saturated carbocycles. The van der Waals surface area contributed by atoms with Gasteiger partial charge in [0.1, 0.15) is 6.26 Å². The molecule has 0 saturated heterocycles. The maximum absolute atomic E-state index is 11.9. The van der Waals surface area contributed by atoms with Crippen LogP contribution in [0, 0.1) is 0 Å². The van der Waals surface area contributed by atoms with Crippen LogP contribution in [0.25, 0.3) is 0 Å². The molecule has 0 spiro atoms. The maximum atomic E-state index is 11.9. The minimum Gasteiger partial charge on any atom is -0.440 e. The zero-order valence-corrected chi connectivity index (χ0v) is 11.1. The molecule has 0 aliphatic carbocycles. The van der Waals surface area contributed by atoms with Crippen LogP contribution in [0.4, 0.5) is 0 Å². The molecule has 2 aromatic rings. The quantitative estimate of drug-likeness (QED) is 0.588. The summed E-state index contributed by atoms with van der Waals surface area (Å²) in [7, 11) is 0. The smallest absolute Gasteiger partial charge is 0.255 e. The van der Waals surface area contributed by atoms with E-state index in [1.54, 1.807) is 6.20 Å². The van der Waals surface area contributed by atoms with Gasteiger partial charge in [-0.3, -0.25) is 4.79 Å². The van der Waals surface area contributed by atoms with Crippen LogP contribution >= 0.6 is 11.8 Å². The van der Waals surface area contributed by atoms with E-state index in [4.69, 9.17) is 4.42 Å². The van der Waals surface area contributed by atoms with Gasteiger partial charge in [0, 0.05) is 5.56 Å². The van der Waals surface area contributed by atoms with Crippen molar-refractivity contribution in [3.8, 4) is 0 Å². The Hall–Kier alpha value is -1.55. The molecular formula is C14H15NO2S. The summed E-state index contributed by atoms with van der Waals surface area (Å²) < 4.78 is 5.07. The van der Waals surface area contributed by atoms with Gasteiger partial charge in [0.2, 0.25) is 0 Å². The Balaban J connectivity index is 1.92. The second-order valence-corrected chi connectivity index (χ2v) is 4.88. The fraction of sp³-hybridized carbons (Fsp3) is 0.286. The van der Waals surface area contributed by atoms with Gasteiger partial charge in [0.15, 0.2) is 5.78 Å². The van der Waals surface area contributed by atoms with E-state index in [0.29, 0.717) is 11.0 Å². The summed E-state index contributed by atoms with van der Waals surface area (Å²) >= 11 is 1.32. The monoisotopic (exact) mass is 261 g/mol. The zero-order chi connectivity index (χ0) is 12.8. The van der Waals surface area contributed by atoms with Crippen LogP contribution in [-0.4, -0.2) is 16.5 Å². The normalized spacial score (nSPS) is 10.5. The Bertz CT molecular complexity index is 491. The Labute approximate surface area is 111 Å². The van der Waals surface area contributed by atoms with Gasteiger partial charge < -0.3 is 4.42 Å². The number of Topliss-reactive ketones (excluding diaryl/α,β-unsaturated/α-hetero) is 1.